The second-order valence-electron chi connectivity index (χ2n) is 5.72. The van der Waals surface area contributed by atoms with E-state index in [1.807, 2.05) is 54.6 Å². The first-order valence-electron chi connectivity index (χ1n) is 7.22. The van der Waals surface area contributed by atoms with Crippen molar-refractivity contribution in [2.45, 2.75) is 25.6 Å². The summed E-state index contributed by atoms with van der Waals surface area (Å²) in [6.07, 6.45) is 0.280. The number of benzene rings is 2. The minimum atomic E-state index is -0.389. The first-order valence-corrected chi connectivity index (χ1v) is 7.22. The zero-order valence-corrected chi connectivity index (χ0v) is 12.4. The lowest BCUT2D eigenvalue weighted by Gasteiger charge is -2.27. The third-order valence-corrected chi connectivity index (χ3v) is 3.50. The normalized spacial score (nSPS) is 17.3. The van der Waals surface area contributed by atoms with Gasteiger partial charge < -0.3 is 14.2 Å². The zero-order chi connectivity index (χ0) is 14.7. The SMILES string of the molecule is CC(C)(Oc1ccccc1)c1ccc(OCC2CO2)cc1. The Morgan fingerprint density at radius 3 is 2.29 bits per heavy atom. The molecule has 3 rings (SSSR count). The molecule has 2 aromatic carbocycles. The van der Waals surface area contributed by atoms with Crippen LogP contribution >= 0.6 is 0 Å². The van der Waals surface area contributed by atoms with Crippen molar-refractivity contribution in [3.8, 4) is 11.5 Å². The van der Waals surface area contributed by atoms with Gasteiger partial charge in [-0.3, -0.25) is 0 Å². The van der Waals surface area contributed by atoms with Gasteiger partial charge in [0.25, 0.3) is 0 Å². The van der Waals surface area contributed by atoms with Crippen LogP contribution in [0.1, 0.15) is 19.4 Å². The van der Waals surface area contributed by atoms with E-state index >= 15 is 0 Å². The second-order valence-corrected chi connectivity index (χ2v) is 5.72. The summed E-state index contributed by atoms with van der Waals surface area (Å²) in [6.45, 7) is 5.57. The van der Waals surface area contributed by atoms with Crippen molar-refractivity contribution in [3.63, 3.8) is 0 Å². The van der Waals surface area contributed by atoms with Gasteiger partial charge in [-0.25, -0.2) is 0 Å². The molecule has 1 aliphatic heterocycles. The lowest BCUT2D eigenvalue weighted by atomic mass is 9.98. The second kappa shape index (κ2) is 5.78. The minimum absolute atomic E-state index is 0.280. The third kappa shape index (κ3) is 3.76. The Kier molecular flexibility index (Phi) is 3.84. The fraction of sp³-hybridized carbons (Fsp3) is 0.333. The molecule has 0 bridgehead atoms. The highest BCUT2D eigenvalue weighted by Crippen LogP contribution is 2.29. The molecule has 1 saturated heterocycles. The Balaban J connectivity index is 1.66. The van der Waals surface area contributed by atoms with Gasteiger partial charge in [0.1, 0.15) is 29.8 Å². The topological polar surface area (TPSA) is 31.0 Å². The molecule has 0 saturated carbocycles. The van der Waals surface area contributed by atoms with Gasteiger partial charge in [0, 0.05) is 0 Å². The highest BCUT2D eigenvalue weighted by molar-refractivity contribution is 5.32. The number of hydrogen-bond donors (Lipinski definition) is 0. The predicted molar refractivity (Wildman–Crippen MR) is 81.8 cm³/mol. The monoisotopic (exact) mass is 284 g/mol. The summed E-state index contributed by atoms with van der Waals surface area (Å²) in [5.41, 5.74) is 0.723. The minimum Gasteiger partial charge on any atom is -0.491 e. The summed E-state index contributed by atoms with van der Waals surface area (Å²) >= 11 is 0. The van der Waals surface area contributed by atoms with Crippen molar-refractivity contribution in [2.75, 3.05) is 13.2 Å². The molecule has 0 spiro atoms. The number of rotatable bonds is 6. The van der Waals surface area contributed by atoms with Crippen LogP contribution in [0.5, 0.6) is 11.5 Å². The Morgan fingerprint density at radius 2 is 1.67 bits per heavy atom. The average molecular weight is 284 g/mol. The fourth-order valence-electron chi connectivity index (χ4n) is 2.15. The van der Waals surface area contributed by atoms with Crippen LogP contribution in [-0.2, 0) is 10.3 Å². The largest absolute Gasteiger partial charge is 0.491 e. The van der Waals surface area contributed by atoms with E-state index < -0.39 is 0 Å². The molecule has 0 radical (unpaired) electrons. The van der Waals surface area contributed by atoms with E-state index in [9.17, 15) is 0 Å². The van der Waals surface area contributed by atoms with Gasteiger partial charge in [-0.2, -0.15) is 0 Å². The maximum atomic E-state index is 6.08. The van der Waals surface area contributed by atoms with Crippen molar-refractivity contribution in [3.05, 3.63) is 60.2 Å². The Labute approximate surface area is 125 Å². The molecular formula is C18H20O3. The summed E-state index contributed by atoms with van der Waals surface area (Å²) in [4.78, 5) is 0. The number of hydrogen-bond acceptors (Lipinski definition) is 3. The Bertz CT molecular complexity index is 571. The quantitative estimate of drug-likeness (QED) is 0.756. The van der Waals surface area contributed by atoms with E-state index in [1.54, 1.807) is 0 Å². The van der Waals surface area contributed by atoms with Crippen LogP contribution in [0, 0.1) is 0 Å². The van der Waals surface area contributed by atoms with Gasteiger partial charge in [-0.1, -0.05) is 30.3 Å². The standard InChI is InChI=1S/C18H20O3/c1-18(2,21-16-6-4-3-5-7-16)14-8-10-15(11-9-14)19-12-17-13-20-17/h3-11,17H,12-13H2,1-2H3. The van der Waals surface area contributed by atoms with Gasteiger partial charge in [0.15, 0.2) is 0 Å². The predicted octanol–water partition coefficient (Wildman–Crippen LogP) is 3.78. The molecule has 110 valence electrons. The average Bonchev–Trinajstić information content (AvgIpc) is 3.30. The molecule has 1 unspecified atom stereocenters. The third-order valence-electron chi connectivity index (χ3n) is 3.50. The van der Waals surface area contributed by atoms with Crippen LogP contribution in [0.15, 0.2) is 54.6 Å². The van der Waals surface area contributed by atoms with E-state index in [-0.39, 0.29) is 11.7 Å². The molecule has 0 aromatic heterocycles. The molecule has 2 aromatic rings. The van der Waals surface area contributed by atoms with Gasteiger partial charge in [0.2, 0.25) is 0 Å². The molecule has 21 heavy (non-hydrogen) atoms. The van der Waals surface area contributed by atoms with Gasteiger partial charge >= 0.3 is 0 Å². The van der Waals surface area contributed by atoms with E-state index in [1.165, 1.54) is 0 Å². The van der Waals surface area contributed by atoms with E-state index in [0.717, 1.165) is 23.7 Å². The van der Waals surface area contributed by atoms with Crippen LogP contribution in [0.25, 0.3) is 0 Å². The maximum absolute atomic E-state index is 6.08. The smallest absolute Gasteiger partial charge is 0.128 e. The molecule has 1 aliphatic rings. The molecule has 0 amide bonds. The van der Waals surface area contributed by atoms with Crippen molar-refractivity contribution in [2.24, 2.45) is 0 Å². The van der Waals surface area contributed by atoms with Crippen LogP contribution < -0.4 is 9.47 Å². The molecule has 0 aliphatic carbocycles. The maximum Gasteiger partial charge on any atom is 0.128 e. The molecular weight excluding hydrogens is 264 g/mol. The highest BCUT2D eigenvalue weighted by Gasteiger charge is 2.24. The van der Waals surface area contributed by atoms with E-state index in [4.69, 9.17) is 14.2 Å². The van der Waals surface area contributed by atoms with Crippen LogP contribution in [-0.4, -0.2) is 19.3 Å². The van der Waals surface area contributed by atoms with Crippen molar-refractivity contribution in [1.29, 1.82) is 0 Å². The van der Waals surface area contributed by atoms with Crippen LogP contribution in [0.4, 0.5) is 0 Å². The molecule has 3 nitrogen and oxygen atoms in total. The van der Waals surface area contributed by atoms with Gasteiger partial charge in [-0.15, -0.1) is 0 Å². The summed E-state index contributed by atoms with van der Waals surface area (Å²) < 4.78 is 16.9. The Hall–Kier alpha value is -2.00. The molecule has 3 heteroatoms. The summed E-state index contributed by atoms with van der Waals surface area (Å²) in [5, 5.41) is 0. The molecule has 1 fully saturated rings. The zero-order valence-electron chi connectivity index (χ0n) is 12.4. The van der Waals surface area contributed by atoms with Crippen LogP contribution in [0.2, 0.25) is 0 Å². The molecule has 1 heterocycles. The van der Waals surface area contributed by atoms with E-state index in [2.05, 4.69) is 13.8 Å². The van der Waals surface area contributed by atoms with Crippen molar-refractivity contribution < 1.29 is 14.2 Å². The lowest BCUT2D eigenvalue weighted by molar-refractivity contribution is 0.109. The fourth-order valence-corrected chi connectivity index (χ4v) is 2.15. The highest BCUT2D eigenvalue weighted by atomic mass is 16.6. The van der Waals surface area contributed by atoms with Gasteiger partial charge in [-0.05, 0) is 43.7 Å². The van der Waals surface area contributed by atoms with Crippen molar-refractivity contribution in [1.82, 2.24) is 0 Å². The first kappa shape index (κ1) is 14.0. The molecule has 1 atom stereocenters. The van der Waals surface area contributed by atoms with Crippen molar-refractivity contribution >= 4 is 0 Å². The number of ether oxygens (including phenoxy) is 3. The van der Waals surface area contributed by atoms with E-state index in [0.29, 0.717) is 6.61 Å². The summed E-state index contributed by atoms with van der Waals surface area (Å²) in [5.74, 6) is 1.73. The van der Waals surface area contributed by atoms with Gasteiger partial charge in [0.05, 0.1) is 6.61 Å². The first-order chi connectivity index (χ1) is 10.1. The Morgan fingerprint density at radius 1 is 1.00 bits per heavy atom. The van der Waals surface area contributed by atoms with Crippen LogP contribution in [0.3, 0.4) is 0 Å². The summed E-state index contributed by atoms with van der Waals surface area (Å²) in [7, 11) is 0. The number of para-hydroxylation sites is 1. The number of epoxide rings is 1. The molecule has 0 N–H and O–H groups in total. The lowest BCUT2D eigenvalue weighted by Crippen LogP contribution is -2.25. The summed E-state index contributed by atoms with van der Waals surface area (Å²) in [6, 6.07) is 17.9.